The predicted octanol–water partition coefficient (Wildman–Crippen LogP) is 8.56. The van der Waals surface area contributed by atoms with E-state index in [-0.39, 0.29) is 34.7 Å². The summed E-state index contributed by atoms with van der Waals surface area (Å²) in [6.07, 6.45) is 9.78. The molecule has 0 bridgehead atoms. The molecular formula is C39H49NO4S. The van der Waals surface area contributed by atoms with Gasteiger partial charge in [0.25, 0.3) is 0 Å². The van der Waals surface area contributed by atoms with E-state index in [1.165, 1.54) is 16.0 Å². The van der Waals surface area contributed by atoms with Gasteiger partial charge in [-0.1, -0.05) is 63.3 Å². The number of aliphatic hydroxyl groups is 1. The van der Waals surface area contributed by atoms with Gasteiger partial charge >= 0.3 is 0 Å². The number of hydrogen-bond donors (Lipinski definition) is 2. The number of carbonyl (C=O) groups excluding carboxylic acids is 1. The van der Waals surface area contributed by atoms with Crippen LogP contribution in [0.15, 0.2) is 72.4 Å². The molecule has 45 heavy (non-hydrogen) atoms. The maximum atomic E-state index is 14.1. The molecule has 9 atom stereocenters. The maximum Gasteiger partial charge on any atom is 0.194 e. The number of ether oxygens (including phenoxy) is 2. The molecule has 3 saturated carbocycles. The normalized spacial score (nSPS) is 38.6. The van der Waals surface area contributed by atoms with Gasteiger partial charge in [0, 0.05) is 45.7 Å². The van der Waals surface area contributed by atoms with Gasteiger partial charge in [0.05, 0.1) is 17.1 Å². The second-order valence-electron chi connectivity index (χ2n) is 15.8. The van der Waals surface area contributed by atoms with Crippen molar-refractivity contribution in [2.75, 3.05) is 5.32 Å². The summed E-state index contributed by atoms with van der Waals surface area (Å²) >= 11 is 1.71. The number of allylic oxidation sites excluding steroid dienone is 5. The first-order valence-electron chi connectivity index (χ1n) is 16.9. The van der Waals surface area contributed by atoms with Gasteiger partial charge in [-0.05, 0) is 93.7 Å². The lowest BCUT2D eigenvalue weighted by Crippen LogP contribution is -2.62. The van der Waals surface area contributed by atoms with Gasteiger partial charge in [-0.3, -0.25) is 4.79 Å². The summed E-state index contributed by atoms with van der Waals surface area (Å²) in [7, 11) is 0. The van der Waals surface area contributed by atoms with Gasteiger partial charge in [-0.15, -0.1) is 11.3 Å². The second kappa shape index (κ2) is 10.8. The van der Waals surface area contributed by atoms with E-state index in [0.717, 1.165) is 41.8 Å². The highest BCUT2D eigenvalue weighted by molar-refractivity contribution is 7.12. The molecular weight excluding hydrogens is 578 g/mol. The van der Waals surface area contributed by atoms with Crippen molar-refractivity contribution in [1.29, 1.82) is 0 Å². The predicted molar refractivity (Wildman–Crippen MR) is 181 cm³/mol. The number of hydrogen-bond acceptors (Lipinski definition) is 6. The Morgan fingerprint density at radius 3 is 2.76 bits per heavy atom. The lowest BCUT2D eigenvalue weighted by atomic mass is 9.46. The number of aliphatic hydroxyl groups excluding tert-OH is 1. The van der Waals surface area contributed by atoms with Gasteiger partial charge < -0.3 is 19.9 Å². The largest absolute Gasteiger partial charge is 0.393 e. The van der Waals surface area contributed by atoms with E-state index in [1.54, 1.807) is 11.3 Å². The van der Waals surface area contributed by atoms with Gasteiger partial charge in [-0.2, -0.15) is 0 Å². The first-order chi connectivity index (χ1) is 21.3. The molecule has 2 heterocycles. The molecule has 1 saturated heterocycles. The first-order valence-corrected chi connectivity index (χ1v) is 17.7. The number of anilines is 1. The molecule has 0 spiro atoms. The molecule has 1 aliphatic heterocycles. The molecule has 0 amide bonds. The zero-order chi connectivity index (χ0) is 31.9. The minimum atomic E-state index is -1.05. The highest BCUT2D eigenvalue weighted by Gasteiger charge is 2.75. The lowest BCUT2D eigenvalue weighted by Gasteiger charge is -2.60. The van der Waals surface area contributed by atoms with Crippen LogP contribution in [0.5, 0.6) is 0 Å². The van der Waals surface area contributed by atoms with Crippen molar-refractivity contribution in [3.8, 4) is 0 Å². The SMILES string of the molecule is C=C1C=C[C@@]2(C)C(=C1)CC[C@@H]1[C@@H]2[C@@H](O)C[C@@]2(C)[C@H]1C[C@H]1O[C@@H](c3ccc(Cc4cccc(NC(C)(C)C)c4)s3)O[C@]12C(=O)CC. The Hall–Kier alpha value is -2.51. The summed E-state index contributed by atoms with van der Waals surface area (Å²) in [5.74, 6) is 0.769. The monoisotopic (exact) mass is 627 g/mol. The van der Waals surface area contributed by atoms with E-state index in [2.05, 4.69) is 101 Å². The van der Waals surface area contributed by atoms with Crippen LogP contribution in [0.4, 0.5) is 5.69 Å². The van der Waals surface area contributed by atoms with Crippen LogP contribution in [0.3, 0.4) is 0 Å². The van der Waals surface area contributed by atoms with Crippen molar-refractivity contribution < 1.29 is 19.4 Å². The van der Waals surface area contributed by atoms with Crippen molar-refractivity contribution >= 4 is 22.8 Å². The van der Waals surface area contributed by atoms with Crippen LogP contribution in [-0.4, -0.2) is 34.2 Å². The zero-order valence-corrected chi connectivity index (χ0v) is 28.5. The summed E-state index contributed by atoms with van der Waals surface area (Å²) in [5.41, 5.74) is 3.05. The fourth-order valence-corrected chi connectivity index (χ4v) is 11.1. The van der Waals surface area contributed by atoms with Crippen LogP contribution in [0.2, 0.25) is 0 Å². The Morgan fingerprint density at radius 2 is 2.00 bits per heavy atom. The molecule has 0 radical (unpaired) electrons. The molecule has 1 aromatic heterocycles. The van der Waals surface area contributed by atoms with Crippen molar-refractivity contribution in [3.63, 3.8) is 0 Å². The van der Waals surface area contributed by atoms with E-state index in [9.17, 15) is 9.90 Å². The highest BCUT2D eigenvalue weighted by Crippen LogP contribution is 2.70. The fourth-order valence-electron chi connectivity index (χ4n) is 10.0. The Balaban J connectivity index is 1.15. The van der Waals surface area contributed by atoms with Crippen molar-refractivity contribution in [2.45, 2.75) is 110 Å². The average molecular weight is 628 g/mol. The van der Waals surface area contributed by atoms with Crippen LogP contribution in [0.1, 0.15) is 95.3 Å². The molecule has 240 valence electrons. The highest BCUT2D eigenvalue weighted by atomic mass is 32.1. The molecule has 4 aliphatic carbocycles. The number of ketones is 1. The molecule has 4 fully saturated rings. The van der Waals surface area contributed by atoms with Gasteiger partial charge in [0.2, 0.25) is 0 Å². The van der Waals surface area contributed by atoms with E-state index in [0.29, 0.717) is 18.8 Å². The number of thiophene rings is 1. The minimum absolute atomic E-state index is 0.00179. The second-order valence-corrected chi connectivity index (χ2v) is 17.0. The van der Waals surface area contributed by atoms with E-state index >= 15 is 0 Å². The molecule has 7 rings (SSSR count). The third-order valence-corrected chi connectivity index (χ3v) is 12.9. The lowest BCUT2D eigenvalue weighted by molar-refractivity contribution is -0.199. The van der Waals surface area contributed by atoms with Crippen molar-refractivity contribution in [2.24, 2.45) is 28.6 Å². The van der Waals surface area contributed by atoms with E-state index < -0.39 is 23.4 Å². The number of carbonyl (C=O) groups is 1. The van der Waals surface area contributed by atoms with E-state index in [1.807, 2.05) is 6.92 Å². The van der Waals surface area contributed by atoms with Crippen LogP contribution < -0.4 is 5.32 Å². The summed E-state index contributed by atoms with van der Waals surface area (Å²) in [5, 5.41) is 15.6. The Bertz CT molecular complexity index is 1580. The molecule has 6 heteroatoms. The number of Topliss-reactive ketones (excluding diaryl/α,β-unsaturated/α-hetero) is 1. The van der Waals surface area contributed by atoms with Crippen LogP contribution in [0, 0.1) is 28.6 Å². The molecule has 2 aromatic rings. The van der Waals surface area contributed by atoms with Gasteiger partial charge in [0.1, 0.15) is 0 Å². The van der Waals surface area contributed by atoms with Crippen LogP contribution in [-0.2, 0) is 20.7 Å². The minimum Gasteiger partial charge on any atom is -0.393 e. The topological polar surface area (TPSA) is 67.8 Å². The quantitative estimate of drug-likeness (QED) is 0.336. The maximum absolute atomic E-state index is 14.1. The molecule has 5 aliphatic rings. The molecule has 1 aromatic carbocycles. The van der Waals surface area contributed by atoms with Crippen LogP contribution >= 0.6 is 11.3 Å². The Labute approximate surface area is 272 Å². The van der Waals surface area contributed by atoms with Gasteiger partial charge in [-0.25, -0.2) is 0 Å². The summed E-state index contributed by atoms with van der Waals surface area (Å²) in [4.78, 5) is 16.4. The summed E-state index contributed by atoms with van der Waals surface area (Å²) in [6.45, 7) is 17.1. The average Bonchev–Trinajstić information content (AvgIpc) is 3.65. The molecule has 0 unspecified atom stereocenters. The fraction of sp³-hybridized carbons (Fsp3) is 0.564. The number of benzene rings is 1. The molecule has 2 N–H and O–H groups in total. The van der Waals surface area contributed by atoms with Crippen LogP contribution in [0.25, 0.3) is 0 Å². The third-order valence-electron chi connectivity index (χ3n) is 11.8. The van der Waals surface area contributed by atoms with Crippen molar-refractivity contribution in [3.05, 3.63) is 87.7 Å². The smallest absolute Gasteiger partial charge is 0.194 e. The number of rotatable bonds is 6. The Morgan fingerprint density at radius 1 is 1.20 bits per heavy atom. The van der Waals surface area contributed by atoms with Crippen molar-refractivity contribution in [1.82, 2.24) is 0 Å². The number of nitrogens with one attached hydrogen (secondary N) is 1. The summed E-state index contributed by atoms with van der Waals surface area (Å²) < 4.78 is 13.8. The molecule has 5 nitrogen and oxygen atoms in total. The van der Waals surface area contributed by atoms with E-state index in [4.69, 9.17) is 9.47 Å². The van der Waals surface area contributed by atoms with Gasteiger partial charge in [0.15, 0.2) is 17.7 Å². The zero-order valence-electron chi connectivity index (χ0n) is 27.7. The third kappa shape index (κ3) is 4.85. The number of fused-ring (bicyclic) bond motifs is 7. The first kappa shape index (κ1) is 31.1. The standard InChI is InChI=1S/C39H49NO4S/c1-8-32(42)39-33(21-29-28-14-12-25-18-23(2)16-17-37(25,6)34(28)30(41)22-38(29,39)7)43-35(44-39)31-15-13-27(45-31)20-24-10-9-11-26(19-24)40-36(3,4)5/h9-11,13,15-19,28-30,33-35,40-41H,2,8,12,14,20-22H2,1,3-7H3/t28-,29-,30-,33+,34+,35+,37-,38-,39+/m0/s1. The Kier molecular flexibility index (Phi) is 7.44. The summed E-state index contributed by atoms with van der Waals surface area (Å²) in [6, 6.07) is 12.9.